The molecule has 10 heteroatoms. The van der Waals surface area contributed by atoms with E-state index < -0.39 is 17.6 Å². The van der Waals surface area contributed by atoms with Gasteiger partial charge in [-0.3, -0.25) is 9.69 Å². The third-order valence-electron chi connectivity index (χ3n) is 5.74. The second-order valence-corrected chi connectivity index (χ2v) is 9.57. The molecule has 3 aromatic carbocycles. The van der Waals surface area contributed by atoms with Crippen LogP contribution in [0.4, 0.5) is 17.6 Å². The molecule has 38 heavy (non-hydrogen) atoms. The molecule has 1 amide bonds. The number of carbonyl (C=O) groups excluding carboxylic acids is 1. The van der Waals surface area contributed by atoms with Crippen LogP contribution in [0.1, 0.15) is 37.7 Å². The summed E-state index contributed by atoms with van der Waals surface area (Å²) in [7, 11) is 1.60. The Kier molecular flexibility index (Phi) is 8.75. The number of halogens is 4. The maximum atomic E-state index is 13.4. The summed E-state index contributed by atoms with van der Waals surface area (Å²) in [6.45, 7) is 1.50. The van der Waals surface area contributed by atoms with E-state index in [1.165, 1.54) is 35.6 Å². The minimum absolute atomic E-state index is 0.0518. The van der Waals surface area contributed by atoms with Gasteiger partial charge >= 0.3 is 6.18 Å². The number of hydrogen-bond donors (Lipinski definition) is 1. The monoisotopic (exact) mass is 543 g/mol. The number of hydrogen-bond acceptors (Lipinski definition) is 5. The topological polar surface area (TPSA) is 54.5 Å². The normalized spacial score (nSPS) is 11.5. The first kappa shape index (κ1) is 27.3. The summed E-state index contributed by atoms with van der Waals surface area (Å²) in [5.74, 6) is -0.0270. The van der Waals surface area contributed by atoms with Crippen molar-refractivity contribution in [1.82, 2.24) is 15.2 Å². The highest BCUT2D eigenvalue weighted by molar-refractivity contribution is 7.09. The molecular formula is C28H25F4N3O2S. The molecule has 5 nitrogen and oxygen atoms in total. The van der Waals surface area contributed by atoms with Crippen LogP contribution in [0, 0.1) is 5.82 Å². The summed E-state index contributed by atoms with van der Waals surface area (Å²) < 4.78 is 57.4. The molecule has 1 aromatic heterocycles. The Morgan fingerprint density at radius 1 is 0.947 bits per heavy atom. The zero-order valence-electron chi connectivity index (χ0n) is 20.5. The molecule has 198 valence electrons. The fraction of sp³-hybridized carbons (Fsp3) is 0.214. The molecule has 0 spiro atoms. The molecule has 4 rings (SSSR count). The molecule has 0 fully saturated rings. The van der Waals surface area contributed by atoms with E-state index in [1.807, 2.05) is 24.3 Å². The lowest BCUT2D eigenvalue weighted by atomic mass is 10.1. The molecule has 0 aliphatic rings. The van der Waals surface area contributed by atoms with Crippen LogP contribution in [-0.4, -0.2) is 22.9 Å². The molecule has 1 N–H and O–H groups in total. The first-order chi connectivity index (χ1) is 18.2. The molecule has 0 radical (unpaired) electrons. The van der Waals surface area contributed by atoms with E-state index in [2.05, 4.69) is 15.2 Å². The van der Waals surface area contributed by atoms with Crippen molar-refractivity contribution < 1.29 is 27.1 Å². The Morgan fingerprint density at radius 3 is 2.24 bits per heavy atom. The lowest BCUT2D eigenvalue weighted by Crippen LogP contribution is -2.24. The molecule has 0 aliphatic carbocycles. The number of carbonyl (C=O) groups is 1. The summed E-state index contributed by atoms with van der Waals surface area (Å²) in [5, 5.41) is 4.96. The van der Waals surface area contributed by atoms with Crippen LogP contribution in [0.3, 0.4) is 0 Å². The van der Waals surface area contributed by atoms with Gasteiger partial charge in [0.1, 0.15) is 22.3 Å². The quantitative estimate of drug-likeness (QED) is 0.234. The van der Waals surface area contributed by atoms with Gasteiger partial charge in [-0.2, -0.15) is 13.2 Å². The van der Waals surface area contributed by atoms with Crippen molar-refractivity contribution in [2.75, 3.05) is 7.11 Å². The molecule has 0 saturated carbocycles. The van der Waals surface area contributed by atoms with Crippen molar-refractivity contribution in [1.29, 1.82) is 0 Å². The summed E-state index contributed by atoms with van der Waals surface area (Å²) >= 11 is 1.32. The number of benzene rings is 3. The fourth-order valence-corrected chi connectivity index (χ4v) is 4.63. The molecule has 4 aromatic rings. The van der Waals surface area contributed by atoms with Crippen molar-refractivity contribution >= 4 is 17.2 Å². The molecule has 0 unspecified atom stereocenters. The van der Waals surface area contributed by atoms with Crippen LogP contribution in [0.2, 0.25) is 0 Å². The van der Waals surface area contributed by atoms with E-state index in [0.717, 1.165) is 29.0 Å². The zero-order chi connectivity index (χ0) is 27.1. The molecular weight excluding hydrogens is 518 g/mol. The van der Waals surface area contributed by atoms with Crippen molar-refractivity contribution in [2.24, 2.45) is 0 Å². The van der Waals surface area contributed by atoms with Crippen molar-refractivity contribution in [3.05, 3.63) is 117 Å². The van der Waals surface area contributed by atoms with Gasteiger partial charge in [0.2, 0.25) is 0 Å². The third kappa shape index (κ3) is 7.62. The second-order valence-electron chi connectivity index (χ2n) is 8.63. The zero-order valence-corrected chi connectivity index (χ0v) is 21.3. The highest BCUT2D eigenvalue weighted by Gasteiger charge is 2.30. The van der Waals surface area contributed by atoms with Gasteiger partial charge in [0, 0.05) is 25.0 Å². The highest BCUT2D eigenvalue weighted by Crippen LogP contribution is 2.29. The van der Waals surface area contributed by atoms with Gasteiger partial charge in [-0.25, -0.2) is 9.37 Å². The maximum Gasteiger partial charge on any atom is 0.416 e. The van der Waals surface area contributed by atoms with E-state index in [-0.39, 0.29) is 18.1 Å². The molecule has 0 atom stereocenters. The van der Waals surface area contributed by atoms with E-state index in [9.17, 15) is 22.4 Å². The Morgan fingerprint density at radius 2 is 1.61 bits per heavy atom. The Bertz CT molecular complexity index is 1360. The van der Waals surface area contributed by atoms with Crippen LogP contribution in [0.15, 0.2) is 78.2 Å². The number of rotatable bonds is 10. The number of alkyl halides is 3. The minimum Gasteiger partial charge on any atom is -0.497 e. The van der Waals surface area contributed by atoms with Gasteiger partial charge in [-0.1, -0.05) is 36.4 Å². The SMILES string of the molecule is COc1ccc(CN(Cc2ccc(F)cc2)Cc2nc(C(=O)NCc3cccc(C(F)(F)F)c3)cs2)cc1. The maximum absolute atomic E-state index is 13.4. The largest absolute Gasteiger partial charge is 0.497 e. The van der Waals surface area contributed by atoms with E-state index in [0.29, 0.717) is 30.2 Å². The van der Waals surface area contributed by atoms with Crippen molar-refractivity contribution in [3.63, 3.8) is 0 Å². The standard InChI is InChI=1S/C28H25F4N3O2S/c1-37-24-11-7-20(8-12-24)16-35(15-19-5-9-23(29)10-6-19)17-26-34-25(18-38-26)27(36)33-14-21-3-2-4-22(13-21)28(30,31)32/h2-13,18H,14-17H2,1H3,(H,33,36). The van der Waals surface area contributed by atoms with E-state index >= 15 is 0 Å². The number of aromatic nitrogens is 1. The Hall–Kier alpha value is -3.76. The average molecular weight is 544 g/mol. The van der Waals surface area contributed by atoms with Gasteiger partial charge in [-0.15, -0.1) is 11.3 Å². The number of methoxy groups -OCH3 is 1. The van der Waals surface area contributed by atoms with E-state index in [4.69, 9.17) is 4.74 Å². The lowest BCUT2D eigenvalue weighted by molar-refractivity contribution is -0.137. The lowest BCUT2D eigenvalue weighted by Gasteiger charge is -2.21. The number of nitrogens with one attached hydrogen (secondary N) is 1. The van der Waals surface area contributed by atoms with Gasteiger partial charge in [0.25, 0.3) is 5.91 Å². The minimum atomic E-state index is -4.45. The van der Waals surface area contributed by atoms with Gasteiger partial charge < -0.3 is 10.1 Å². The van der Waals surface area contributed by atoms with Gasteiger partial charge in [0.15, 0.2) is 0 Å². The molecule has 0 aliphatic heterocycles. The van der Waals surface area contributed by atoms with Crippen LogP contribution >= 0.6 is 11.3 Å². The van der Waals surface area contributed by atoms with Gasteiger partial charge in [0.05, 0.1) is 19.2 Å². The van der Waals surface area contributed by atoms with Crippen LogP contribution < -0.4 is 10.1 Å². The first-order valence-corrected chi connectivity index (χ1v) is 12.6. The van der Waals surface area contributed by atoms with Crippen molar-refractivity contribution in [3.8, 4) is 5.75 Å². The number of amides is 1. The summed E-state index contributed by atoms with van der Waals surface area (Å²) in [4.78, 5) is 19.2. The number of ether oxygens (including phenoxy) is 1. The first-order valence-electron chi connectivity index (χ1n) is 11.7. The Balaban J connectivity index is 1.42. The van der Waals surface area contributed by atoms with Crippen LogP contribution in [0.25, 0.3) is 0 Å². The molecule has 0 saturated heterocycles. The van der Waals surface area contributed by atoms with Crippen LogP contribution in [0.5, 0.6) is 5.75 Å². The van der Waals surface area contributed by atoms with E-state index in [1.54, 1.807) is 24.6 Å². The highest BCUT2D eigenvalue weighted by atomic mass is 32.1. The molecule has 1 heterocycles. The fourth-order valence-electron chi connectivity index (χ4n) is 3.81. The summed E-state index contributed by atoms with van der Waals surface area (Å²) in [5.41, 5.74) is 1.74. The predicted octanol–water partition coefficient (Wildman–Crippen LogP) is 6.44. The smallest absolute Gasteiger partial charge is 0.416 e. The average Bonchev–Trinajstić information content (AvgIpc) is 3.37. The Labute approximate surface area is 221 Å². The second kappa shape index (κ2) is 12.2. The summed E-state index contributed by atoms with van der Waals surface area (Å²) in [6, 6.07) is 18.8. The van der Waals surface area contributed by atoms with Crippen LogP contribution in [-0.2, 0) is 32.4 Å². The number of nitrogens with zero attached hydrogens (tertiary/aromatic N) is 2. The summed E-state index contributed by atoms with van der Waals surface area (Å²) in [6.07, 6.45) is -4.45. The predicted molar refractivity (Wildman–Crippen MR) is 137 cm³/mol. The van der Waals surface area contributed by atoms with Gasteiger partial charge in [-0.05, 0) is 53.1 Å². The molecule has 0 bridgehead atoms. The third-order valence-corrected chi connectivity index (χ3v) is 6.57. The number of thiazole rings is 1. The van der Waals surface area contributed by atoms with Crippen molar-refractivity contribution in [2.45, 2.75) is 32.4 Å².